The van der Waals surface area contributed by atoms with E-state index >= 15 is 0 Å². The third kappa shape index (κ3) is 3.75. The van der Waals surface area contributed by atoms with E-state index in [4.69, 9.17) is 0 Å². The number of carbonyl (C=O) groups is 1. The van der Waals surface area contributed by atoms with Gasteiger partial charge in [-0.1, -0.05) is 29.8 Å². The largest absolute Gasteiger partial charge is 0.391 e. The Balaban J connectivity index is 1.21. The first-order valence-electron chi connectivity index (χ1n) is 10.3. The van der Waals surface area contributed by atoms with E-state index in [1.807, 2.05) is 0 Å². The van der Waals surface area contributed by atoms with Crippen molar-refractivity contribution in [1.82, 2.24) is 10.6 Å². The minimum Gasteiger partial charge on any atom is -0.391 e. The number of rotatable bonds is 6. The van der Waals surface area contributed by atoms with Crippen LogP contribution in [0.1, 0.15) is 49.7 Å². The number of aliphatic hydroxyl groups excluding tert-OH is 1. The van der Waals surface area contributed by atoms with Gasteiger partial charge in [-0.2, -0.15) is 0 Å². The molecule has 0 saturated heterocycles. The monoisotopic (exact) mass is 356 g/mol. The molecule has 26 heavy (non-hydrogen) atoms. The number of benzene rings is 1. The maximum absolute atomic E-state index is 12.1. The highest BCUT2D eigenvalue weighted by Crippen LogP contribution is 2.61. The van der Waals surface area contributed by atoms with Crippen LogP contribution in [-0.2, 0) is 6.42 Å². The van der Waals surface area contributed by atoms with Crippen LogP contribution in [-0.4, -0.2) is 30.3 Å². The molecule has 0 aromatic heterocycles. The zero-order chi connectivity index (χ0) is 18.1. The first-order valence-corrected chi connectivity index (χ1v) is 10.3. The number of urea groups is 1. The van der Waals surface area contributed by atoms with Gasteiger partial charge in [0.25, 0.3) is 0 Å². The smallest absolute Gasteiger partial charge is 0.314 e. The first-order chi connectivity index (χ1) is 12.5. The number of hydrogen-bond donors (Lipinski definition) is 3. The Kier molecular flexibility index (Phi) is 4.96. The second kappa shape index (κ2) is 7.22. The van der Waals surface area contributed by atoms with Crippen molar-refractivity contribution >= 4 is 6.03 Å². The second-order valence-corrected chi connectivity index (χ2v) is 9.17. The van der Waals surface area contributed by atoms with Gasteiger partial charge in [0.05, 0.1) is 6.10 Å². The Labute approximate surface area is 156 Å². The summed E-state index contributed by atoms with van der Waals surface area (Å²) in [7, 11) is 0. The van der Waals surface area contributed by atoms with Gasteiger partial charge in [0.15, 0.2) is 0 Å². The van der Waals surface area contributed by atoms with Crippen molar-refractivity contribution in [1.29, 1.82) is 0 Å². The number of carbonyl (C=O) groups excluding carboxylic acids is 1. The van der Waals surface area contributed by atoms with Gasteiger partial charge in [0.1, 0.15) is 0 Å². The molecule has 4 aliphatic carbocycles. The summed E-state index contributed by atoms with van der Waals surface area (Å²) in [4.78, 5) is 12.1. The fraction of sp³-hybridized carbons (Fsp3) is 0.682. The van der Waals surface area contributed by atoms with Gasteiger partial charge in [-0.3, -0.25) is 0 Å². The first kappa shape index (κ1) is 17.8. The lowest BCUT2D eigenvalue weighted by Crippen LogP contribution is -2.55. The zero-order valence-electron chi connectivity index (χ0n) is 15.8. The minimum absolute atomic E-state index is 0.0733. The minimum atomic E-state index is -0.404. The lowest BCUT2D eigenvalue weighted by Gasteiger charge is -2.58. The van der Waals surface area contributed by atoms with E-state index in [2.05, 4.69) is 41.8 Å². The Morgan fingerprint density at radius 3 is 2.23 bits per heavy atom. The lowest BCUT2D eigenvalue weighted by atomic mass is 9.48. The maximum atomic E-state index is 12.1. The summed E-state index contributed by atoms with van der Waals surface area (Å²) in [5.74, 6) is 2.46. The number of amides is 2. The third-order valence-corrected chi connectivity index (χ3v) is 7.07. The van der Waals surface area contributed by atoms with Crippen LogP contribution in [0.25, 0.3) is 0 Å². The molecule has 4 heteroatoms. The van der Waals surface area contributed by atoms with Crippen LogP contribution < -0.4 is 10.6 Å². The number of aliphatic hydroxyl groups is 1. The molecule has 4 nitrogen and oxygen atoms in total. The van der Waals surface area contributed by atoms with E-state index in [9.17, 15) is 9.90 Å². The Hall–Kier alpha value is -1.55. The summed E-state index contributed by atoms with van der Waals surface area (Å²) < 4.78 is 0. The Bertz CT molecular complexity index is 605. The summed E-state index contributed by atoms with van der Waals surface area (Å²) in [5.41, 5.74) is 2.55. The SMILES string of the molecule is Cc1ccc(CCNC(=O)NCC(O)C23CC4CC(CC(C4)C2)C3)cc1. The second-order valence-electron chi connectivity index (χ2n) is 9.17. The van der Waals surface area contributed by atoms with Gasteiger partial charge < -0.3 is 15.7 Å². The molecule has 4 fully saturated rings. The fourth-order valence-corrected chi connectivity index (χ4v) is 6.13. The Morgan fingerprint density at radius 2 is 1.65 bits per heavy atom. The van der Waals surface area contributed by atoms with E-state index < -0.39 is 6.10 Å². The van der Waals surface area contributed by atoms with Gasteiger partial charge in [0.2, 0.25) is 0 Å². The van der Waals surface area contributed by atoms with Crippen molar-refractivity contribution in [3.63, 3.8) is 0 Å². The average Bonchev–Trinajstić information content (AvgIpc) is 2.60. The molecule has 1 atom stereocenters. The third-order valence-electron chi connectivity index (χ3n) is 7.07. The highest BCUT2D eigenvalue weighted by Gasteiger charge is 2.53. The molecule has 4 bridgehead atoms. The van der Waals surface area contributed by atoms with Gasteiger partial charge in [0, 0.05) is 13.1 Å². The number of hydrogen-bond acceptors (Lipinski definition) is 2. The molecular weight excluding hydrogens is 324 g/mol. The average molecular weight is 357 g/mol. The molecule has 1 aromatic carbocycles. The standard InChI is InChI=1S/C22H32N2O2/c1-15-2-4-16(5-3-15)6-7-23-21(26)24-14-20(25)22-11-17-8-18(12-22)10-19(9-17)13-22/h2-5,17-20,25H,6-14H2,1H3,(H2,23,24,26). The van der Waals surface area contributed by atoms with Crippen molar-refractivity contribution in [3.05, 3.63) is 35.4 Å². The molecule has 0 heterocycles. The zero-order valence-corrected chi connectivity index (χ0v) is 15.8. The van der Waals surface area contributed by atoms with Crippen LogP contribution >= 0.6 is 0 Å². The number of nitrogens with one attached hydrogen (secondary N) is 2. The lowest BCUT2D eigenvalue weighted by molar-refractivity contribution is -0.117. The molecule has 4 saturated carbocycles. The van der Waals surface area contributed by atoms with E-state index in [0.29, 0.717) is 13.1 Å². The van der Waals surface area contributed by atoms with Crippen LogP contribution in [0.4, 0.5) is 4.79 Å². The normalized spacial score (nSPS) is 33.1. The Morgan fingerprint density at radius 1 is 1.08 bits per heavy atom. The van der Waals surface area contributed by atoms with Gasteiger partial charge in [-0.05, 0) is 80.6 Å². The summed E-state index contributed by atoms with van der Waals surface area (Å²) in [6, 6.07) is 8.23. The summed E-state index contributed by atoms with van der Waals surface area (Å²) in [6.07, 6.45) is 8.03. The van der Waals surface area contributed by atoms with Crippen molar-refractivity contribution in [2.45, 2.75) is 58.0 Å². The van der Waals surface area contributed by atoms with Gasteiger partial charge >= 0.3 is 6.03 Å². The predicted octanol–water partition coefficient (Wildman–Crippen LogP) is 3.41. The van der Waals surface area contributed by atoms with Crippen molar-refractivity contribution < 1.29 is 9.90 Å². The predicted molar refractivity (Wildman–Crippen MR) is 103 cm³/mol. The molecule has 0 radical (unpaired) electrons. The van der Waals surface area contributed by atoms with E-state index in [-0.39, 0.29) is 11.4 Å². The van der Waals surface area contributed by atoms with E-state index in [1.165, 1.54) is 30.4 Å². The fourth-order valence-electron chi connectivity index (χ4n) is 6.13. The molecule has 142 valence electrons. The van der Waals surface area contributed by atoms with Crippen LogP contribution in [0.2, 0.25) is 0 Å². The molecule has 2 amide bonds. The van der Waals surface area contributed by atoms with Crippen molar-refractivity contribution in [2.75, 3.05) is 13.1 Å². The highest BCUT2D eigenvalue weighted by molar-refractivity contribution is 5.73. The molecule has 5 rings (SSSR count). The van der Waals surface area contributed by atoms with Crippen molar-refractivity contribution in [2.24, 2.45) is 23.2 Å². The molecule has 0 spiro atoms. The number of aryl methyl sites for hydroxylation is 1. The molecular formula is C22H32N2O2. The molecule has 1 aromatic rings. The van der Waals surface area contributed by atoms with Crippen LogP contribution in [0, 0.1) is 30.1 Å². The summed E-state index contributed by atoms with van der Waals surface area (Å²) in [6.45, 7) is 3.06. The summed E-state index contributed by atoms with van der Waals surface area (Å²) in [5, 5.41) is 16.7. The van der Waals surface area contributed by atoms with Crippen LogP contribution in [0.3, 0.4) is 0 Å². The quantitative estimate of drug-likeness (QED) is 0.731. The molecule has 1 unspecified atom stereocenters. The highest BCUT2D eigenvalue weighted by atomic mass is 16.3. The van der Waals surface area contributed by atoms with E-state index in [0.717, 1.165) is 43.4 Å². The van der Waals surface area contributed by atoms with Crippen LogP contribution in [0.15, 0.2) is 24.3 Å². The van der Waals surface area contributed by atoms with Gasteiger partial charge in [-0.15, -0.1) is 0 Å². The summed E-state index contributed by atoms with van der Waals surface area (Å²) >= 11 is 0. The van der Waals surface area contributed by atoms with E-state index in [1.54, 1.807) is 0 Å². The topological polar surface area (TPSA) is 61.4 Å². The van der Waals surface area contributed by atoms with Crippen LogP contribution in [0.5, 0.6) is 0 Å². The maximum Gasteiger partial charge on any atom is 0.314 e. The van der Waals surface area contributed by atoms with Crippen molar-refractivity contribution in [3.8, 4) is 0 Å². The molecule has 0 aliphatic heterocycles. The van der Waals surface area contributed by atoms with Gasteiger partial charge in [-0.25, -0.2) is 4.79 Å². The molecule has 3 N–H and O–H groups in total. The molecule has 4 aliphatic rings.